The monoisotopic (exact) mass is 340 g/mol. The number of para-hydroxylation sites is 2. The van der Waals surface area contributed by atoms with Gasteiger partial charge >= 0.3 is 5.16 Å². The van der Waals surface area contributed by atoms with E-state index in [1.807, 2.05) is 39.1 Å². The minimum atomic E-state index is 0.00806. The molecule has 24 heavy (non-hydrogen) atoms. The highest BCUT2D eigenvalue weighted by Crippen LogP contribution is 2.23. The van der Waals surface area contributed by atoms with Gasteiger partial charge in [-0.25, -0.2) is 9.55 Å². The van der Waals surface area contributed by atoms with Crippen molar-refractivity contribution in [1.82, 2.24) is 4.98 Å². The zero-order valence-electron chi connectivity index (χ0n) is 14.4. The van der Waals surface area contributed by atoms with Crippen LogP contribution in [0.2, 0.25) is 0 Å². The summed E-state index contributed by atoms with van der Waals surface area (Å²) in [5.74, 6) is 0.377. The summed E-state index contributed by atoms with van der Waals surface area (Å²) >= 11 is 1.51. The van der Waals surface area contributed by atoms with Gasteiger partial charge in [0, 0.05) is 5.69 Å². The number of H-pyrrole nitrogens is 1. The minimum absolute atomic E-state index is 0.00806. The number of carbonyl (C=O) groups excluding carboxylic acids is 1. The van der Waals surface area contributed by atoms with Crippen LogP contribution < -0.4 is 9.88 Å². The smallest absolute Gasteiger partial charge is 0.317 e. The van der Waals surface area contributed by atoms with Gasteiger partial charge in [-0.2, -0.15) is 0 Å². The maximum Gasteiger partial charge on any atom is 0.317 e. The molecular weight excluding hydrogens is 318 g/mol. The Morgan fingerprint density at radius 1 is 1.17 bits per heavy atom. The third kappa shape index (κ3) is 3.31. The van der Waals surface area contributed by atoms with E-state index in [9.17, 15) is 4.79 Å². The first-order chi connectivity index (χ1) is 11.5. The van der Waals surface area contributed by atoms with Gasteiger partial charge in [0.2, 0.25) is 5.91 Å². The molecule has 0 aliphatic heterocycles. The van der Waals surface area contributed by atoms with E-state index in [-0.39, 0.29) is 5.91 Å². The number of benzene rings is 2. The molecule has 3 aromatic rings. The minimum Gasteiger partial charge on any atom is -0.325 e. The van der Waals surface area contributed by atoms with Crippen LogP contribution in [-0.4, -0.2) is 16.6 Å². The zero-order chi connectivity index (χ0) is 17.3. The number of nitrogens with zero attached hydrogens (tertiary/aromatic N) is 1. The summed E-state index contributed by atoms with van der Waals surface area (Å²) in [4.78, 5) is 15.7. The number of aryl methyl sites for hydroxylation is 4. The predicted molar refractivity (Wildman–Crippen MR) is 99.5 cm³/mol. The Bertz CT molecular complexity index is 891. The maximum absolute atomic E-state index is 12.3. The lowest BCUT2D eigenvalue weighted by Crippen LogP contribution is -2.29. The SMILES string of the molecule is Cc1cc(C)c(NC(=O)CSc2[nH]c3ccccc3[n+]2C)c(C)c1. The highest BCUT2D eigenvalue weighted by atomic mass is 32.2. The lowest BCUT2D eigenvalue weighted by Gasteiger charge is -2.12. The standard InChI is InChI=1S/C19H21N3OS/c1-12-9-13(2)18(14(3)10-12)21-17(23)11-24-19-20-15-7-5-6-8-16(15)22(19)4/h5-10H,11H2,1-4H3,(H,21,23)/p+1. The molecule has 0 atom stereocenters. The number of hydrogen-bond donors (Lipinski definition) is 2. The van der Waals surface area contributed by atoms with Crippen molar-refractivity contribution in [2.75, 3.05) is 11.1 Å². The summed E-state index contributed by atoms with van der Waals surface area (Å²) in [6.07, 6.45) is 0. The molecule has 0 aliphatic rings. The summed E-state index contributed by atoms with van der Waals surface area (Å²) in [5, 5.41) is 4.02. The Hall–Kier alpha value is -2.27. The molecule has 0 spiro atoms. The van der Waals surface area contributed by atoms with Crippen LogP contribution >= 0.6 is 11.8 Å². The average Bonchev–Trinajstić information content (AvgIpc) is 2.85. The van der Waals surface area contributed by atoms with Gasteiger partial charge in [-0.15, -0.1) is 0 Å². The molecule has 0 radical (unpaired) electrons. The van der Waals surface area contributed by atoms with Crippen molar-refractivity contribution < 1.29 is 9.36 Å². The van der Waals surface area contributed by atoms with E-state index in [0.29, 0.717) is 5.75 Å². The van der Waals surface area contributed by atoms with Crippen molar-refractivity contribution in [3.05, 3.63) is 53.1 Å². The fraction of sp³-hybridized carbons (Fsp3) is 0.263. The third-order valence-corrected chi connectivity index (χ3v) is 5.15. The second-order valence-corrected chi connectivity index (χ2v) is 7.08. The van der Waals surface area contributed by atoms with Crippen LogP contribution in [0.1, 0.15) is 16.7 Å². The zero-order valence-corrected chi connectivity index (χ0v) is 15.3. The van der Waals surface area contributed by atoms with Crippen LogP contribution in [0.4, 0.5) is 5.69 Å². The molecule has 2 N–H and O–H groups in total. The molecule has 2 aromatic carbocycles. The number of rotatable bonds is 4. The van der Waals surface area contributed by atoms with E-state index in [4.69, 9.17) is 0 Å². The first kappa shape index (κ1) is 16.6. The average molecular weight is 340 g/mol. The number of amides is 1. The van der Waals surface area contributed by atoms with Crippen LogP contribution in [0.5, 0.6) is 0 Å². The number of carbonyl (C=O) groups is 1. The number of aromatic nitrogens is 2. The largest absolute Gasteiger partial charge is 0.325 e. The van der Waals surface area contributed by atoms with Gasteiger partial charge in [0.25, 0.3) is 0 Å². The first-order valence-electron chi connectivity index (χ1n) is 7.93. The van der Waals surface area contributed by atoms with Crippen LogP contribution in [0.25, 0.3) is 11.0 Å². The second-order valence-electron chi connectivity index (χ2n) is 6.12. The van der Waals surface area contributed by atoms with Crippen molar-refractivity contribution in [3.63, 3.8) is 0 Å². The van der Waals surface area contributed by atoms with E-state index in [1.54, 1.807) is 0 Å². The maximum atomic E-state index is 12.3. The molecular formula is C19H22N3OS+. The molecule has 3 rings (SSSR count). The van der Waals surface area contributed by atoms with Crippen LogP contribution in [0.15, 0.2) is 41.6 Å². The van der Waals surface area contributed by atoms with Gasteiger partial charge in [0.05, 0.1) is 12.8 Å². The van der Waals surface area contributed by atoms with Crippen molar-refractivity contribution in [1.29, 1.82) is 0 Å². The Kier molecular flexibility index (Phi) is 4.62. The van der Waals surface area contributed by atoms with Crippen molar-refractivity contribution in [2.45, 2.75) is 25.9 Å². The number of imidazole rings is 1. The van der Waals surface area contributed by atoms with E-state index >= 15 is 0 Å². The molecule has 0 saturated heterocycles. The number of nitrogens with one attached hydrogen (secondary N) is 2. The second kappa shape index (κ2) is 6.69. The third-order valence-electron chi connectivity index (χ3n) is 4.09. The Morgan fingerprint density at radius 3 is 2.50 bits per heavy atom. The van der Waals surface area contributed by atoms with Gasteiger partial charge in [0.15, 0.2) is 11.0 Å². The van der Waals surface area contributed by atoms with Crippen LogP contribution in [-0.2, 0) is 11.8 Å². The Balaban J connectivity index is 1.70. The lowest BCUT2D eigenvalue weighted by atomic mass is 10.1. The number of hydrogen-bond acceptors (Lipinski definition) is 2. The summed E-state index contributed by atoms with van der Waals surface area (Å²) in [5.41, 5.74) is 6.54. The number of thioether (sulfide) groups is 1. The normalized spacial score (nSPS) is 11.0. The molecule has 5 heteroatoms. The molecule has 0 fully saturated rings. The van der Waals surface area contributed by atoms with Crippen LogP contribution in [0, 0.1) is 20.8 Å². The Morgan fingerprint density at radius 2 is 1.83 bits per heavy atom. The summed E-state index contributed by atoms with van der Waals surface area (Å²) in [6, 6.07) is 12.3. The molecule has 1 aromatic heterocycles. The molecule has 1 amide bonds. The molecule has 0 saturated carbocycles. The Labute approximate surface area is 146 Å². The van der Waals surface area contributed by atoms with Gasteiger partial charge in [-0.3, -0.25) is 4.79 Å². The molecule has 1 heterocycles. The van der Waals surface area contributed by atoms with Gasteiger partial charge in [-0.1, -0.05) is 29.8 Å². The quantitative estimate of drug-likeness (QED) is 0.563. The predicted octanol–water partition coefficient (Wildman–Crippen LogP) is 3.65. The summed E-state index contributed by atoms with van der Waals surface area (Å²) in [6.45, 7) is 6.12. The fourth-order valence-corrected chi connectivity index (χ4v) is 3.81. The molecule has 4 nitrogen and oxygen atoms in total. The number of anilines is 1. The fourth-order valence-electron chi connectivity index (χ4n) is 3.00. The number of fused-ring (bicyclic) bond motifs is 1. The van der Waals surface area contributed by atoms with Gasteiger partial charge in [-0.05, 0) is 55.8 Å². The topological polar surface area (TPSA) is 48.8 Å². The highest BCUT2D eigenvalue weighted by Gasteiger charge is 2.17. The lowest BCUT2D eigenvalue weighted by molar-refractivity contribution is -0.683. The van der Waals surface area contributed by atoms with Crippen LogP contribution in [0.3, 0.4) is 0 Å². The van der Waals surface area contributed by atoms with Crippen molar-refractivity contribution >= 4 is 34.4 Å². The van der Waals surface area contributed by atoms with Crippen molar-refractivity contribution in [3.8, 4) is 0 Å². The van der Waals surface area contributed by atoms with Crippen molar-refractivity contribution in [2.24, 2.45) is 7.05 Å². The summed E-state index contributed by atoms with van der Waals surface area (Å²) in [7, 11) is 2.01. The molecule has 124 valence electrons. The van der Waals surface area contributed by atoms with E-state index in [0.717, 1.165) is 33.0 Å². The number of aromatic amines is 1. The molecule has 0 bridgehead atoms. The van der Waals surface area contributed by atoms with E-state index in [2.05, 4.69) is 40.0 Å². The highest BCUT2D eigenvalue weighted by molar-refractivity contribution is 7.99. The van der Waals surface area contributed by atoms with Gasteiger partial charge in [0.1, 0.15) is 0 Å². The molecule has 0 aliphatic carbocycles. The van der Waals surface area contributed by atoms with Gasteiger partial charge < -0.3 is 5.32 Å². The van der Waals surface area contributed by atoms with E-state index in [1.165, 1.54) is 17.3 Å². The first-order valence-corrected chi connectivity index (χ1v) is 8.91. The van der Waals surface area contributed by atoms with E-state index < -0.39 is 0 Å². The summed E-state index contributed by atoms with van der Waals surface area (Å²) < 4.78 is 2.08. The molecule has 0 unspecified atom stereocenters.